The minimum absolute atomic E-state index is 0.0287. The Morgan fingerprint density at radius 2 is 1.68 bits per heavy atom. The number of halogens is 3. The van der Waals surface area contributed by atoms with Crippen LogP contribution in [-0.4, -0.2) is 82.2 Å². The molecular weight excluding hydrogens is 579 g/mol. The maximum Gasteiger partial charge on any atom is 0.403 e. The molecule has 44 heavy (non-hydrogen) atoms. The average Bonchev–Trinajstić information content (AvgIpc) is 3.81. The number of carbonyl (C=O) groups excluding carboxylic acids is 4. The second-order valence-corrected chi connectivity index (χ2v) is 16.0. The zero-order chi connectivity index (χ0) is 32.4. The third-order valence-corrected chi connectivity index (χ3v) is 11.7. The summed E-state index contributed by atoms with van der Waals surface area (Å²) in [4.78, 5) is 55.3. The molecule has 4 aliphatic carbocycles. The zero-order valence-electron chi connectivity index (χ0n) is 26.4. The van der Waals surface area contributed by atoms with E-state index in [0.29, 0.717) is 12.3 Å². The van der Waals surface area contributed by atoms with E-state index in [1.54, 1.807) is 6.92 Å². The maximum atomic E-state index is 14.2. The second-order valence-electron chi connectivity index (χ2n) is 16.0. The number of fused-ring (bicyclic) bond motifs is 1. The lowest BCUT2D eigenvalue weighted by atomic mass is 9.55. The molecule has 246 valence electrons. The van der Waals surface area contributed by atoms with Gasteiger partial charge in [-0.05, 0) is 95.8 Å². The number of amides is 4. The van der Waals surface area contributed by atoms with E-state index in [1.807, 2.05) is 27.7 Å². The molecule has 4 amide bonds. The van der Waals surface area contributed by atoms with Crippen molar-refractivity contribution in [2.45, 2.75) is 134 Å². The van der Waals surface area contributed by atoms with Crippen molar-refractivity contribution in [3.8, 4) is 0 Å². The molecule has 6 fully saturated rings. The molecule has 1 spiro atoms. The van der Waals surface area contributed by atoms with Crippen LogP contribution in [0.15, 0.2) is 0 Å². The normalized spacial score (nSPS) is 35.6. The van der Waals surface area contributed by atoms with Gasteiger partial charge in [-0.2, -0.15) is 13.2 Å². The Balaban J connectivity index is 1.24. The fourth-order valence-corrected chi connectivity index (χ4v) is 8.99. The third kappa shape index (κ3) is 5.00. The first kappa shape index (κ1) is 31.6. The Labute approximate surface area is 256 Å². The quantitative estimate of drug-likeness (QED) is 0.293. The Hall–Kier alpha value is -2.41. The molecular formula is C31H46F3N5O5. The largest absolute Gasteiger partial charge is 0.403 e. The van der Waals surface area contributed by atoms with Gasteiger partial charge in [-0.1, -0.05) is 13.8 Å². The minimum atomic E-state index is -4.59. The molecule has 2 unspecified atom stereocenters. The van der Waals surface area contributed by atoms with E-state index in [0.717, 1.165) is 32.6 Å². The predicted octanol–water partition coefficient (Wildman–Crippen LogP) is 2.15. The van der Waals surface area contributed by atoms with Gasteiger partial charge in [0, 0.05) is 12.1 Å². The van der Waals surface area contributed by atoms with Crippen LogP contribution in [0.5, 0.6) is 0 Å². The number of primary amides is 1. The van der Waals surface area contributed by atoms with Crippen LogP contribution >= 0.6 is 0 Å². The maximum absolute atomic E-state index is 14.2. The second kappa shape index (κ2) is 9.56. The molecule has 2 aliphatic heterocycles. The van der Waals surface area contributed by atoms with E-state index in [4.69, 9.17) is 10.5 Å². The van der Waals surface area contributed by atoms with Gasteiger partial charge in [0.05, 0.1) is 17.1 Å². The van der Waals surface area contributed by atoms with Crippen molar-refractivity contribution in [2.75, 3.05) is 6.54 Å². The van der Waals surface area contributed by atoms with Crippen molar-refractivity contribution in [1.29, 1.82) is 0 Å². The molecule has 0 radical (unpaired) electrons. The lowest BCUT2D eigenvalue weighted by Gasteiger charge is -2.52. The fourth-order valence-electron chi connectivity index (χ4n) is 8.99. The Kier molecular flexibility index (Phi) is 6.86. The van der Waals surface area contributed by atoms with Crippen LogP contribution < -0.4 is 21.7 Å². The highest BCUT2D eigenvalue weighted by Gasteiger charge is 2.72. The van der Waals surface area contributed by atoms with Crippen molar-refractivity contribution in [3.05, 3.63) is 0 Å². The number of ether oxygens (including phenoxy) is 1. The number of piperidine rings is 1. The van der Waals surface area contributed by atoms with Crippen molar-refractivity contribution in [3.63, 3.8) is 0 Å². The number of nitrogens with zero attached hydrogens (tertiary/aromatic N) is 1. The van der Waals surface area contributed by atoms with Crippen molar-refractivity contribution in [2.24, 2.45) is 34.3 Å². The van der Waals surface area contributed by atoms with Crippen molar-refractivity contribution < 1.29 is 37.1 Å². The highest BCUT2D eigenvalue weighted by molar-refractivity contribution is 5.99. The molecule has 2 saturated heterocycles. The molecule has 0 aromatic rings. The molecule has 0 bridgehead atoms. The first-order chi connectivity index (χ1) is 20.2. The first-order valence-electron chi connectivity index (χ1n) is 15.9. The number of alkyl halides is 3. The summed E-state index contributed by atoms with van der Waals surface area (Å²) >= 11 is 0. The molecule has 0 aromatic carbocycles. The van der Waals surface area contributed by atoms with E-state index in [9.17, 15) is 32.3 Å². The Morgan fingerprint density at radius 3 is 2.16 bits per heavy atom. The standard InChI is InChI=1S/C31H46F3N5O5/c1-15(44-30(9-10-30)17-7-8-17)20(36-16(2)31(32,33)34)23(41)39-11-18-19(27(18,5)6)21(39)22(40)37-29(24(35)42)13-28(14-29)12-26(3,4)38-25(28)43/h15-21,36H,7-14H2,1-6H3,(H2,35,42)(H,37,40)(H,38,43)/t15-,16?,18+,19+,20?,21+,28?,29?/m1/s1. The highest BCUT2D eigenvalue weighted by Crippen LogP contribution is 2.65. The molecule has 10 nitrogen and oxygen atoms in total. The molecule has 6 atom stereocenters. The monoisotopic (exact) mass is 625 g/mol. The van der Waals surface area contributed by atoms with Crippen molar-refractivity contribution >= 4 is 23.6 Å². The number of likely N-dealkylation sites (tertiary alicyclic amines) is 1. The van der Waals surface area contributed by atoms with Gasteiger partial charge in [-0.15, -0.1) is 0 Å². The summed E-state index contributed by atoms with van der Waals surface area (Å²) in [6.07, 6.45) is -1.22. The topological polar surface area (TPSA) is 143 Å². The summed E-state index contributed by atoms with van der Waals surface area (Å²) in [6, 6.07) is -4.31. The van der Waals surface area contributed by atoms with Crippen molar-refractivity contribution in [1.82, 2.24) is 20.9 Å². The molecule has 6 aliphatic rings. The molecule has 4 saturated carbocycles. The average molecular weight is 626 g/mol. The van der Waals surface area contributed by atoms with Crippen LogP contribution in [0.2, 0.25) is 0 Å². The number of nitrogens with two attached hydrogens (primary N) is 1. The Morgan fingerprint density at radius 1 is 1.07 bits per heavy atom. The zero-order valence-corrected chi connectivity index (χ0v) is 26.4. The molecule has 5 N–H and O–H groups in total. The lowest BCUT2D eigenvalue weighted by Crippen LogP contribution is -2.71. The molecule has 0 aromatic heterocycles. The van der Waals surface area contributed by atoms with Gasteiger partial charge in [0.25, 0.3) is 0 Å². The number of nitrogens with one attached hydrogen (secondary N) is 3. The van der Waals surface area contributed by atoms with Gasteiger partial charge < -0.3 is 26.0 Å². The molecule has 6 rings (SSSR count). The van der Waals surface area contributed by atoms with Crippen LogP contribution in [0.1, 0.15) is 86.5 Å². The minimum Gasteiger partial charge on any atom is -0.370 e. The van der Waals surface area contributed by atoms with E-state index in [-0.39, 0.29) is 48.1 Å². The summed E-state index contributed by atoms with van der Waals surface area (Å²) in [5, 5.41) is 8.27. The van der Waals surface area contributed by atoms with E-state index in [2.05, 4.69) is 16.0 Å². The summed E-state index contributed by atoms with van der Waals surface area (Å²) in [7, 11) is 0. The van der Waals surface area contributed by atoms with Crippen LogP contribution in [0, 0.1) is 28.6 Å². The van der Waals surface area contributed by atoms with E-state index in [1.165, 1.54) is 4.90 Å². The van der Waals surface area contributed by atoms with Crippen LogP contribution in [0.25, 0.3) is 0 Å². The van der Waals surface area contributed by atoms with Gasteiger partial charge in [0.15, 0.2) is 0 Å². The third-order valence-electron chi connectivity index (χ3n) is 11.7. The highest BCUT2D eigenvalue weighted by atomic mass is 19.4. The lowest BCUT2D eigenvalue weighted by molar-refractivity contribution is -0.164. The smallest absolute Gasteiger partial charge is 0.370 e. The number of carbonyl (C=O) groups is 4. The molecule has 13 heteroatoms. The van der Waals surface area contributed by atoms with Gasteiger partial charge in [0.2, 0.25) is 23.6 Å². The Bertz CT molecular complexity index is 1270. The van der Waals surface area contributed by atoms with Crippen LogP contribution in [0.3, 0.4) is 0 Å². The number of hydrogen-bond acceptors (Lipinski definition) is 6. The van der Waals surface area contributed by atoms with Gasteiger partial charge in [-0.3, -0.25) is 24.5 Å². The van der Waals surface area contributed by atoms with E-state index >= 15 is 0 Å². The predicted molar refractivity (Wildman–Crippen MR) is 153 cm³/mol. The summed E-state index contributed by atoms with van der Waals surface area (Å²) in [6.45, 7) is 10.6. The van der Waals surface area contributed by atoms with Gasteiger partial charge in [0.1, 0.15) is 23.7 Å². The SMILES string of the molecule is CC(NC(C(=O)N1C[C@H]2[C@@H]([C@H]1C(=O)NC1(C(N)=O)CC3(CC(C)(C)NC3=O)C1)C2(C)C)[C@@H](C)OC1(C2CC2)CC1)C(F)(F)F. The van der Waals surface area contributed by atoms with Crippen LogP contribution in [-0.2, 0) is 23.9 Å². The summed E-state index contributed by atoms with van der Waals surface area (Å²) in [5.74, 6) is -2.05. The summed E-state index contributed by atoms with van der Waals surface area (Å²) < 4.78 is 47.5. The summed E-state index contributed by atoms with van der Waals surface area (Å²) in [5.41, 5.74) is 2.41. The van der Waals surface area contributed by atoms with E-state index < -0.39 is 64.6 Å². The first-order valence-corrected chi connectivity index (χ1v) is 15.9. The van der Waals surface area contributed by atoms with Gasteiger partial charge in [-0.25, -0.2) is 0 Å². The molecule has 2 heterocycles. The van der Waals surface area contributed by atoms with Gasteiger partial charge >= 0.3 is 6.18 Å². The fraction of sp³-hybridized carbons (Fsp3) is 0.871. The number of hydrogen-bond donors (Lipinski definition) is 4. The van der Waals surface area contributed by atoms with Crippen LogP contribution in [0.4, 0.5) is 13.2 Å². The number of rotatable bonds is 10.